The first-order chi connectivity index (χ1) is 9.04. The molecule has 0 aliphatic rings. The minimum Gasteiger partial charge on any atom is -0.399 e. The molecule has 0 saturated heterocycles. The Labute approximate surface area is 112 Å². The number of nitrogens with two attached hydrogens (primary N) is 1. The molecule has 0 fully saturated rings. The van der Waals surface area contributed by atoms with E-state index in [1.54, 1.807) is 18.2 Å². The Bertz CT molecular complexity index is 590. The summed E-state index contributed by atoms with van der Waals surface area (Å²) in [4.78, 5) is 12.0. The molecule has 0 saturated carbocycles. The molecule has 3 heteroatoms. The van der Waals surface area contributed by atoms with Gasteiger partial charge in [0.2, 0.25) is 0 Å². The van der Waals surface area contributed by atoms with Crippen LogP contribution in [0.15, 0.2) is 42.5 Å². The van der Waals surface area contributed by atoms with Gasteiger partial charge in [0.05, 0.1) is 0 Å². The standard InChI is InChI=1S/C16H16FNO/c1-11-2-5-14(17)9-13(11)10-16(19)8-12-3-6-15(18)7-4-12/h2-7,9H,8,10,18H2,1H3. The highest BCUT2D eigenvalue weighted by atomic mass is 19.1. The molecular formula is C16H16FNO. The normalized spacial score (nSPS) is 10.4. The first kappa shape index (κ1) is 13.3. The number of halogens is 1. The molecule has 0 spiro atoms. The van der Waals surface area contributed by atoms with Gasteiger partial charge in [0.15, 0.2) is 0 Å². The lowest BCUT2D eigenvalue weighted by atomic mass is 9.99. The number of rotatable bonds is 4. The third-order valence-corrected chi connectivity index (χ3v) is 3.08. The molecule has 0 radical (unpaired) electrons. The Morgan fingerprint density at radius 1 is 1.11 bits per heavy atom. The van der Waals surface area contributed by atoms with Crippen molar-refractivity contribution >= 4 is 11.5 Å². The van der Waals surface area contributed by atoms with Crippen molar-refractivity contribution in [2.24, 2.45) is 0 Å². The summed E-state index contributed by atoms with van der Waals surface area (Å²) in [6, 6.07) is 11.8. The van der Waals surface area contributed by atoms with E-state index in [1.807, 2.05) is 19.1 Å². The molecule has 2 rings (SSSR count). The van der Waals surface area contributed by atoms with Gasteiger partial charge < -0.3 is 5.73 Å². The first-order valence-electron chi connectivity index (χ1n) is 6.16. The molecule has 0 bridgehead atoms. The van der Waals surface area contributed by atoms with Crippen LogP contribution in [0.3, 0.4) is 0 Å². The Morgan fingerprint density at radius 3 is 2.47 bits per heavy atom. The number of Topliss-reactive ketones (excluding diaryl/α,β-unsaturated/α-hetero) is 1. The molecule has 0 amide bonds. The Morgan fingerprint density at radius 2 is 1.79 bits per heavy atom. The second-order valence-corrected chi connectivity index (χ2v) is 4.70. The van der Waals surface area contributed by atoms with Gasteiger partial charge in [-0.2, -0.15) is 0 Å². The van der Waals surface area contributed by atoms with Crippen molar-refractivity contribution in [3.8, 4) is 0 Å². The largest absolute Gasteiger partial charge is 0.399 e. The van der Waals surface area contributed by atoms with Crippen molar-refractivity contribution in [3.05, 3.63) is 65.0 Å². The van der Waals surface area contributed by atoms with Crippen LogP contribution in [0.25, 0.3) is 0 Å². The van der Waals surface area contributed by atoms with E-state index in [-0.39, 0.29) is 18.0 Å². The fourth-order valence-corrected chi connectivity index (χ4v) is 1.97. The second-order valence-electron chi connectivity index (χ2n) is 4.70. The summed E-state index contributed by atoms with van der Waals surface area (Å²) < 4.78 is 13.1. The Kier molecular flexibility index (Phi) is 3.95. The van der Waals surface area contributed by atoms with Crippen molar-refractivity contribution in [3.63, 3.8) is 0 Å². The van der Waals surface area contributed by atoms with Gasteiger partial charge in [0.1, 0.15) is 11.6 Å². The highest BCUT2D eigenvalue weighted by Crippen LogP contribution is 2.13. The summed E-state index contributed by atoms with van der Waals surface area (Å²) in [5.41, 5.74) is 8.88. The zero-order valence-corrected chi connectivity index (χ0v) is 10.8. The van der Waals surface area contributed by atoms with Crippen molar-refractivity contribution in [1.29, 1.82) is 0 Å². The zero-order valence-electron chi connectivity index (χ0n) is 10.8. The zero-order chi connectivity index (χ0) is 13.8. The van der Waals surface area contributed by atoms with Gasteiger partial charge in [-0.3, -0.25) is 4.79 Å². The molecule has 2 N–H and O–H groups in total. The lowest BCUT2D eigenvalue weighted by molar-refractivity contribution is -0.117. The van der Waals surface area contributed by atoms with Gasteiger partial charge in [-0.25, -0.2) is 4.39 Å². The summed E-state index contributed by atoms with van der Waals surface area (Å²) in [6.07, 6.45) is 0.601. The molecule has 2 aromatic rings. The van der Waals surface area contributed by atoms with Crippen LogP contribution in [0.4, 0.5) is 10.1 Å². The van der Waals surface area contributed by atoms with Crippen LogP contribution in [-0.4, -0.2) is 5.78 Å². The molecule has 0 unspecified atom stereocenters. The minimum atomic E-state index is -0.305. The maximum absolute atomic E-state index is 13.1. The van der Waals surface area contributed by atoms with E-state index in [1.165, 1.54) is 12.1 Å². The molecular weight excluding hydrogens is 241 g/mol. The van der Waals surface area contributed by atoms with Gasteiger partial charge in [0, 0.05) is 18.5 Å². The number of carbonyl (C=O) groups excluding carboxylic acids is 1. The number of hydrogen-bond donors (Lipinski definition) is 1. The summed E-state index contributed by atoms with van der Waals surface area (Å²) in [5, 5.41) is 0. The first-order valence-corrected chi connectivity index (χ1v) is 6.16. The predicted octanol–water partition coefficient (Wildman–Crippen LogP) is 3.07. The van der Waals surface area contributed by atoms with Gasteiger partial charge in [-0.05, 0) is 47.9 Å². The molecule has 0 heterocycles. The number of nitrogen functional groups attached to an aromatic ring is 1. The number of ketones is 1. The maximum Gasteiger partial charge on any atom is 0.141 e. The lowest BCUT2D eigenvalue weighted by Gasteiger charge is -2.06. The maximum atomic E-state index is 13.1. The van der Waals surface area contributed by atoms with Crippen molar-refractivity contribution in [2.75, 3.05) is 5.73 Å². The lowest BCUT2D eigenvalue weighted by Crippen LogP contribution is -2.08. The highest BCUT2D eigenvalue weighted by Gasteiger charge is 2.08. The number of anilines is 1. The monoisotopic (exact) mass is 257 g/mol. The summed E-state index contributed by atoms with van der Waals surface area (Å²) in [7, 11) is 0. The molecule has 0 aliphatic heterocycles. The second kappa shape index (κ2) is 5.65. The molecule has 2 aromatic carbocycles. The van der Waals surface area contributed by atoms with Crippen LogP contribution in [0.1, 0.15) is 16.7 Å². The van der Waals surface area contributed by atoms with Gasteiger partial charge in [-0.1, -0.05) is 18.2 Å². The average molecular weight is 257 g/mol. The number of aryl methyl sites for hydroxylation is 1. The third kappa shape index (κ3) is 3.65. The van der Waals surface area contributed by atoms with Crippen LogP contribution in [0.2, 0.25) is 0 Å². The van der Waals surface area contributed by atoms with E-state index in [0.717, 1.165) is 16.7 Å². The van der Waals surface area contributed by atoms with E-state index in [9.17, 15) is 9.18 Å². The van der Waals surface area contributed by atoms with Crippen LogP contribution in [0, 0.1) is 12.7 Å². The van der Waals surface area contributed by atoms with Crippen LogP contribution < -0.4 is 5.73 Å². The number of benzene rings is 2. The Hall–Kier alpha value is -2.16. The van der Waals surface area contributed by atoms with Gasteiger partial charge in [0.25, 0.3) is 0 Å². The third-order valence-electron chi connectivity index (χ3n) is 3.08. The predicted molar refractivity (Wildman–Crippen MR) is 74.4 cm³/mol. The minimum absolute atomic E-state index is 0.0680. The smallest absolute Gasteiger partial charge is 0.141 e. The van der Waals surface area contributed by atoms with E-state index in [0.29, 0.717) is 12.1 Å². The van der Waals surface area contributed by atoms with Crippen LogP contribution >= 0.6 is 0 Å². The molecule has 0 atom stereocenters. The fraction of sp³-hybridized carbons (Fsp3) is 0.188. The molecule has 2 nitrogen and oxygen atoms in total. The fourth-order valence-electron chi connectivity index (χ4n) is 1.97. The van der Waals surface area contributed by atoms with Crippen molar-refractivity contribution in [2.45, 2.75) is 19.8 Å². The van der Waals surface area contributed by atoms with Gasteiger partial charge >= 0.3 is 0 Å². The van der Waals surface area contributed by atoms with Crippen LogP contribution in [-0.2, 0) is 17.6 Å². The van der Waals surface area contributed by atoms with Crippen LogP contribution in [0.5, 0.6) is 0 Å². The summed E-state index contributed by atoms with van der Waals surface area (Å²) in [5.74, 6) is -0.237. The van der Waals surface area contributed by atoms with Crippen molar-refractivity contribution in [1.82, 2.24) is 0 Å². The van der Waals surface area contributed by atoms with E-state index in [4.69, 9.17) is 5.73 Å². The topological polar surface area (TPSA) is 43.1 Å². The number of hydrogen-bond acceptors (Lipinski definition) is 2. The van der Waals surface area contributed by atoms with E-state index >= 15 is 0 Å². The van der Waals surface area contributed by atoms with Crippen molar-refractivity contribution < 1.29 is 9.18 Å². The number of carbonyl (C=O) groups is 1. The van der Waals surface area contributed by atoms with E-state index < -0.39 is 0 Å². The molecule has 98 valence electrons. The SMILES string of the molecule is Cc1ccc(F)cc1CC(=O)Cc1ccc(N)cc1. The molecule has 19 heavy (non-hydrogen) atoms. The van der Waals surface area contributed by atoms with Gasteiger partial charge in [-0.15, -0.1) is 0 Å². The quantitative estimate of drug-likeness (QED) is 0.855. The summed E-state index contributed by atoms with van der Waals surface area (Å²) >= 11 is 0. The average Bonchev–Trinajstić information content (AvgIpc) is 2.37. The highest BCUT2D eigenvalue weighted by molar-refractivity contribution is 5.83. The Balaban J connectivity index is 2.05. The van der Waals surface area contributed by atoms with E-state index in [2.05, 4.69) is 0 Å². The summed E-state index contributed by atoms with van der Waals surface area (Å²) in [6.45, 7) is 1.88. The molecule has 0 aromatic heterocycles. The molecule has 0 aliphatic carbocycles.